The Kier molecular flexibility index (Phi) is 8.12. The Bertz CT molecular complexity index is 386. The fourth-order valence-corrected chi connectivity index (χ4v) is 4.08. The van der Waals surface area contributed by atoms with Crippen LogP contribution in [0.2, 0.25) is 0 Å². The highest BCUT2D eigenvalue weighted by atomic mass is 32.2. The van der Waals surface area contributed by atoms with Gasteiger partial charge >= 0.3 is 0 Å². The summed E-state index contributed by atoms with van der Waals surface area (Å²) in [5.74, 6) is 0. The van der Waals surface area contributed by atoms with E-state index in [1.807, 2.05) is 0 Å². The van der Waals surface area contributed by atoms with Crippen LogP contribution >= 0.6 is 0 Å². The minimum Gasteiger partial charge on any atom is -0.329 e. The fourth-order valence-electron chi connectivity index (χ4n) is 2.55. The third-order valence-electron chi connectivity index (χ3n) is 4.26. The minimum absolute atomic E-state index is 0.0386. The molecule has 1 unspecified atom stereocenters. The molecule has 0 aliphatic carbocycles. The van der Waals surface area contributed by atoms with Gasteiger partial charge in [-0.3, -0.25) is 0 Å². The molecule has 1 fully saturated rings. The lowest BCUT2D eigenvalue weighted by molar-refractivity contribution is 0.253. The van der Waals surface area contributed by atoms with Crippen LogP contribution in [-0.2, 0) is 10.2 Å². The van der Waals surface area contributed by atoms with Crippen molar-refractivity contribution in [2.75, 3.05) is 33.2 Å². The Hall–Kier alpha value is -0.210. The molecule has 1 heterocycles. The van der Waals surface area contributed by atoms with Crippen LogP contribution < -0.4 is 10.5 Å². The third kappa shape index (κ3) is 6.20. The van der Waals surface area contributed by atoms with E-state index in [9.17, 15) is 8.42 Å². The summed E-state index contributed by atoms with van der Waals surface area (Å²) >= 11 is 0. The van der Waals surface area contributed by atoms with Crippen molar-refractivity contribution in [3.05, 3.63) is 0 Å². The summed E-state index contributed by atoms with van der Waals surface area (Å²) in [5, 5.41) is 0. The fraction of sp³-hybridized carbons (Fsp3) is 1.00. The molecule has 0 amide bonds. The molecule has 6 nitrogen and oxygen atoms in total. The van der Waals surface area contributed by atoms with E-state index in [2.05, 4.69) is 30.5 Å². The zero-order valence-corrected chi connectivity index (χ0v) is 14.5. The van der Waals surface area contributed by atoms with Crippen molar-refractivity contribution in [1.29, 1.82) is 0 Å². The Morgan fingerprint density at radius 1 is 1.33 bits per heavy atom. The second kappa shape index (κ2) is 9.05. The Balaban J connectivity index is 2.32. The highest BCUT2D eigenvalue weighted by Gasteiger charge is 2.30. The number of nitrogens with two attached hydrogens (primary N) is 1. The van der Waals surface area contributed by atoms with E-state index in [1.165, 1.54) is 0 Å². The first-order valence-corrected chi connectivity index (χ1v) is 9.49. The first-order chi connectivity index (χ1) is 9.88. The SMILES string of the molecule is CC(C)N(C)CCCCNS(=O)(=O)N1CCCCC1CN. The van der Waals surface area contributed by atoms with Gasteiger partial charge in [0.1, 0.15) is 0 Å². The van der Waals surface area contributed by atoms with Gasteiger partial charge in [0.25, 0.3) is 10.2 Å². The number of nitrogens with zero attached hydrogens (tertiary/aromatic N) is 2. The van der Waals surface area contributed by atoms with E-state index >= 15 is 0 Å². The quantitative estimate of drug-likeness (QED) is 0.615. The van der Waals surface area contributed by atoms with Crippen molar-refractivity contribution in [2.24, 2.45) is 5.73 Å². The first-order valence-electron chi connectivity index (χ1n) is 8.05. The Morgan fingerprint density at radius 2 is 2.05 bits per heavy atom. The van der Waals surface area contributed by atoms with Crippen molar-refractivity contribution < 1.29 is 8.42 Å². The maximum atomic E-state index is 12.3. The Labute approximate surface area is 130 Å². The molecular formula is C14H32N4O2S. The van der Waals surface area contributed by atoms with Crippen molar-refractivity contribution >= 4 is 10.2 Å². The second-order valence-electron chi connectivity index (χ2n) is 6.18. The summed E-state index contributed by atoms with van der Waals surface area (Å²) < 4.78 is 28.9. The molecule has 1 aliphatic rings. The van der Waals surface area contributed by atoms with Gasteiger partial charge in [0.15, 0.2) is 0 Å². The van der Waals surface area contributed by atoms with Gasteiger partial charge in [-0.25, -0.2) is 4.72 Å². The molecule has 7 heteroatoms. The normalized spacial score (nSPS) is 21.3. The Morgan fingerprint density at radius 3 is 2.67 bits per heavy atom. The van der Waals surface area contributed by atoms with E-state index in [4.69, 9.17) is 5.73 Å². The lowest BCUT2D eigenvalue weighted by Gasteiger charge is -2.33. The van der Waals surface area contributed by atoms with E-state index in [0.29, 0.717) is 25.7 Å². The molecule has 0 aromatic heterocycles. The number of hydrogen-bond acceptors (Lipinski definition) is 4. The molecule has 1 saturated heterocycles. The number of hydrogen-bond donors (Lipinski definition) is 2. The van der Waals surface area contributed by atoms with E-state index in [1.54, 1.807) is 4.31 Å². The molecule has 0 spiro atoms. The zero-order chi connectivity index (χ0) is 15.9. The maximum Gasteiger partial charge on any atom is 0.279 e. The van der Waals surface area contributed by atoms with Gasteiger partial charge in [0.05, 0.1) is 0 Å². The van der Waals surface area contributed by atoms with Crippen LogP contribution in [0.5, 0.6) is 0 Å². The number of piperidine rings is 1. The van der Waals surface area contributed by atoms with Gasteiger partial charge in [-0.1, -0.05) is 6.42 Å². The average molecular weight is 321 g/mol. The van der Waals surface area contributed by atoms with Gasteiger partial charge in [-0.2, -0.15) is 12.7 Å². The first kappa shape index (κ1) is 18.8. The van der Waals surface area contributed by atoms with Crippen molar-refractivity contribution in [3.63, 3.8) is 0 Å². The third-order valence-corrected chi connectivity index (χ3v) is 5.92. The summed E-state index contributed by atoms with van der Waals surface area (Å²) in [4.78, 5) is 2.27. The molecular weight excluding hydrogens is 288 g/mol. The maximum absolute atomic E-state index is 12.3. The minimum atomic E-state index is -3.37. The highest BCUT2D eigenvalue weighted by molar-refractivity contribution is 7.87. The van der Waals surface area contributed by atoms with Crippen LogP contribution in [0.4, 0.5) is 0 Å². The molecule has 1 atom stereocenters. The van der Waals surface area contributed by atoms with Crippen LogP contribution in [0, 0.1) is 0 Å². The van der Waals surface area contributed by atoms with Crippen LogP contribution in [0.15, 0.2) is 0 Å². The molecule has 1 rings (SSSR count). The molecule has 0 aromatic rings. The van der Waals surface area contributed by atoms with E-state index < -0.39 is 10.2 Å². The standard InChI is InChI=1S/C14H32N4O2S/c1-13(2)17(3)10-7-5-9-16-21(19,20)18-11-6-4-8-14(18)12-15/h13-14,16H,4-12,15H2,1-3H3. The summed E-state index contributed by atoms with van der Waals surface area (Å²) in [6.45, 7) is 6.81. The predicted molar refractivity (Wildman–Crippen MR) is 87.3 cm³/mol. The molecule has 0 radical (unpaired) electrons. The van der Waals surface area contributed by atoms with Crippen LogP contribution in [0.25, 0.3) is 0 Å². The monoisotopic (exact) mass is 320 g/mol. The lowest BCUT2D eigenvalue weighted by atomic mass is 10.1. The van der Waals surface area contributed by atoms with Gasteiger partial charge in [-0.05, 0) is 53.1 Å². The van der Waals surface area contributed by atoms with Gasteiger partial charge < -0.3 is 10.6 Å². The number of nitrogens with one attached hydrogen (secondary N) is 1. The topological polar surface area (TPSA) is 78.7 Å². The summed E-state index contributed by atoms with van der Waals surface area (Å²) in [6.07, 6.45) is 4.72. The van der Waals surface area contributed by atoms with Gasteiger partial charge in [0, 0.05) is 31.7 Å². The van der Waals surface area contributed by atoms with Crippen molar-refractivity contribution in [1.82, 2.24) is 13.9 Å². The zero-order valence-electron chi connectivity index (χ0n) is 13.7. The molecule has 1 aliphatic heterocycles. The molecule has 126 valence electrons. The highest BCUT2D eigenvalue weighted by Crippen LogP contribution is 2.18. The van der Waals surface area contributed by atoms with E-state index in [0.717, 1.165) is 38.6 Å². The number of unbranched alkanes of at least 4 members (excludes halogenated alkanes) is 1. The molecule has 0 aromatic carbocycles. The molecule has 0 saturated carbocycles. The summed E-state index contributed by atoms with van der Waals surface area (Å²) in [7, 11) is -1.28. The predicted octanol–water partition coefficient (Wildman–Crippen LogP) is 0.754. The smallest absolute Gasteiger partial charge is 0.279 e. The van der Waals surface area contributed by atoms with Crippen LogP contribution in [0.3, 0.4) is 0 Å². The van der Waals surface area contributed by atoms with Gasteiger partial charge in [-0.15, -0.1) is 0 Å². The largest absolute Gasteiger partial charge is 0.329 e. The summed E-state index contributed by atoms with van der Waals surface area (Å²) in [6, 6.07) is 0.490. The lowest BCUT2D eigenvalue weighted by Crippen LogP contribution is -2.51. The van der Waals surface area contributed by atoms with Crippen molar-refractivity contribution in [3.8, 4) is 0 Å². The van der Waals surface area contributed by atoms with Crippen molar-refractivity contribution in [2.45, 2.75) is 58.0 Å². The average Bonchev–Trinajstić information content (AvgIpc) is 2.46. The summed E-state index contributed by atoms with van der Waals surface area (Å²) in [5.41, 5.74) is 5.69. The van der Waals surface area contributed by atoms with Gasteiger partial charge in [0.2, 0.25) is 0 Å². The van der Waals surface area contributed by atoms with Crippen LogP contribution in [-0.4, -0.2) is 62.9 Å². The van der Waals surface area contributed by atoms with Crippen LogP contribution in [0.1, 0.15) is 46.0 Å². The molecule has 0 bridgehead atoms. The molecule has 21 heavy (non-hydrogen) atoms. The number of rotatable bonds is 9. The van der Waals surface area contributed by atoms with E-state index in [-0.39, 0.29) is 6.04 Å². The second-order valence-corrected chi connectivity index (χ2v) is 7.88. The molecule has 3 N–H and O–H groups in total.